The van der Waals surface area contributed by atoms with Gasteiger partial charge in [0.25, 0.3) is 0 Å². The molecule has 1 fully saturated rings. The van der Waals surface area contributed by atoms with Crippen molar-refractivity contribution >= 4 is 32.1 Å². The molecule has 1 aliphatic rings. The van der Waals surface area contributed by atoms with Gasteiger partial charge in [0, 0.05) is 37.1 Å². The summed E-state index contributed by atoms with van der Waals surface area (Å²) in [5.74, 6) is 0. The van der Waals surface area contributed by atoms with E-state index < -0.39 is 10.0 Å². The molecule has 1 aliphatic heterocycles. The van der Waals surface area contributed by atoms with E-state index in [2.05, 4.69) is 32.2 Å². The van der Waals surface area contributed by atoms with Gasteiger partial charge in [-0.1, -0.05) is 0 Å². The molecule has 0 spiro atoms. The second kappa shape index (κ2) is 6.08. The Morgan fingerprint density at radius 2 is 1.93 bits per heavy atom. The molecule has 1 saturated heterocycles. The molecule has 0 aromatic carbocycles. The quantitative estimate of drug-likeness (QED) is 0.565. The average molecular weight is 397 g/mol. The van der Waals surface area contributed by atoms with Crippen molar-refractivity contribution in [1.82, 2.24) is 34.3 Å². The van der Waals surface area contributed by atoms with Gasteiger partial charge in [0.05, 0.1) is 17.3 Å². The predicted octanol–water partition coefficient (Wildman–Crippen LogP) is 1.90. The number of aromatic nitrogens is 6. The average Bonchev–Trinajstić information content (AvgIpc) is 3.35. The molecule has 0 bridgehead atoms. The molecule has 0 unspecified atom stereocenters. The first-order chi connectivity index (χ1) is 13.5. The van der Waals surface area contributed by atoms with Crippen LogP contribution < -0.4 is 0 Å². The molecule has 0 saturated carbocycles. The van der Waals surface area contributed by atoms with Crippen LogP contribution in [-0.2, 0) is 15.6 Å². The van der Waals surface area contributed by atoms with E-state index in [-0.39, 0.29) is 10.4 Å². The zero-order chi connectivity index (χ0) is 19.4. The first-order valence-electron chi connectivity index (χ1n) is 9.06. The number of hydrogen-bond acceptors (Lipinski definition) is 6. The number of nitrogens with one attached hydrogen (secondary N) is 1. The third kappa shape index (κ3) is 2.52. The molecule has 10 heteroatoms. The summed E-state index contributed by atoms with van der Waals surface area (Å²) in [6, 6.07) is 5.15. The van der Waals surface area contributed by atoms with Crippen molar-refractivity contribution in [3.8, 4) is 0 Å². The van der Waals surface area contributed by atoms with Crippen LogP contribution in [0.1, 0.15) is 19.8 Å². The zero-order valence-electron chi connectivity index (χ0n) is 15.3. The summed E-state index contributed by atoms with van der Waals surface area (Å²) in [7, 11) is -3.53. The first kappa shape index (κ1) is 17.3. The molecule has 1 N–H and O–H groups in total. The van der Waals surface area contributed by atoms with E-state index in [1.807, 2.05) is 10.7 Å². The highest BCUT2D eigenvalue weighted by molar-refractivity contribution is 7.89. The molecule has 144 valence electrons. The Bertz CT molecular complexity index is 1260. The molecule has 9 nitrogen and oxygen atoms in total. The lowest BCUT2D eigenvalue weighted by atomic mass is 9.90. The summed E-state index contributed by atoms with van der Waals surface area (Å²) in [4.78, 5) is 12.8. The molecule has 5 rings (SSSR count). The van der Waals surface area contributed by atoms with Gasteiger partial charge in [-0.15, -0.1) is 0 Å². The second-order valence-electron chi connectivity index (χ2n) is 7.31. The predicted molar refractivity (Wildman–Crippen MR) is 103 cm³/mol. The molecular weight excluding hydrogens is 378 g/mol. The van der Waals surface area contributed by atoms with Crippen molar-refractivity contribution in [3.05, 3.63) is 43.0 Å². The van der Waals surface area contributed by atoms with Crippen LogP contribution in [0.15, 0.2) is 47.9 Å². The minimum Gasteiger partial charge on any atom is -0.263 e. The van der Waals surface area contributed by atoms with Gasteiger partial charge in [-0.3, -0.25) is 9.67 Å². The van der Waals surface area contributed by atoms with Crippen molar-refractivity contribution in [3.63, 3.8) is 0 Å². The molecule has 0 radical (unpaired) electrons. The monoisotopic (exact) mass is 397 g/mol. The van der Waals surface area contributed by atoms with E-state index >= 15 is 0 Å². The summed E-state index contributed by atoms with van der Waals surface area (Å²) in [6.07, 6.45) is 7.73. The fourth-order valence-electron chi connectivity index (χ4n) is 3.88. The third-order valence-corrected chi connectivity index (χ3v) is 7.47. The van der Waals surface area contributed by atoms with Crippen LogP contribution in [-0.4, -0.2) is 55.8 Å². The van der Waals surface area contributed by atoms with Crippen molar-refractivity contribution in [2.75, 3.05) is 13.1 Å². The maximum atomic E-state index is 12.9. The number of sulfonamides is 1. The minimum absolute atomic E-state index is 0.230. The topological polar surface area (TPSA) is 110 Å². The fourth-order valence-corrected chi connectivity index (χ4v) is 5.28. The standard InChI is InChI=1S/C18H19N7O2S/c1-18(25-16-14-4-8-20-17(14)21-12-15(16)22-23-25)5-9-24(10-6-18)28(26,27)13-3-2-7-19-11-13/h2-4,7-8,11-12,23H,5-6,9-10H2,1H3. The Kier molecular flexibility index (Phi) is 3.75. The molecule has 0 atom stereocenters. The van der Waals surface area contributed by atoms with Gasteiger partial charge in [0.2, 0.25) is 10.0 Å². The van der Waals surface area contributed by atoms with E-state index in [1.54, 1.807) is 30.7 Å². The minimum atomic E-state index is -3.53. The molecule has 4 aromatic heterocycles. The number of nitrogens with zero attached hydrogens (tertiary/aromatic N) is 6. The Hall–Kier alpha value is -2.85. The molecule has 28 heavy (non-hydrogen) atoms. The molecule has 5 heterocycles. The number of H-pyrrole nitrogens is 1. The van der Waals surface area contributed by atoms with Crippen LogP contribution in [0.4, 0.5) is 0 Å². The Balaban J connectivity index is 1.48. The van der Waals surface area contributed by atoms with E-state index in [4.69, 9.17) is 0 Å². The van der Waals surface area contributed by atoms with Crippen LogP contribution in [0.25, 0.3) is 22.1 Å². The van der Waals surface area contributed by atoms with Crippen molar-refractivity contribution in [2.45, 2.75) is 30.2 Å². The summed E-state index contributed by atoms with van der Waals surface area (Å²) >= 11 is 0. The van der Waals surface area contributed by atoms with Gasteiger partial charge in [-0.05, 0) is 38.0 Å². The number of fused-ring (bicyclic) bond motifs is 3. The lowest BCUT2D eigenvalue weighted by Crippen LogP contribution is -2.46. The number of rotatable bonds is 3. The number of hydrogen-bond donors (Lipinski definition) is 1. The summed E-state index contributed by atoms with van der Waals surface area (Å²) in [6.45, 7) is 2.98. The Morgan fingerprint density at radius 3 is 2.68 bits per heavy atom. The molecule has 0 aliphatic carbocycles. The number of aromatic amines is 1. The first-order valence-corrected chi connectivity index (χ1v) is 10.5. The largest absolute Gasteiger partial charge is 0.263 e. The normalized spacial score (nSPS) is 18.0. The van der Waals surface area contributed by atoms with Gasteiger partial charge >= 0.3 is 0 Å². The second-order valence-corrected chi connectivity index (χ2v) is 9.25. The maximum absolute atomic E-state index is 12.9. The molecule has 4 aromatic rings. The van der Waals surface area contributed by atoms with Crippen molar-refractivity contribution < 1.29 is 8.42 Å². The smallest absolute Gasteiger partial charge is 0.244 e. The van der Waals surface area contributed by atoms with E-state index in [1.165, 1.54) is 10.5 Å². The Morgan fingerprint density at radius 1 is 1.11 bits per heavy atom. The van der Waals surface area contributed by atoms with Crippen LogP contribution in [0.5, 0.6) is 0 Å². The Labute approximate surface area is 161 Å². The summed E-state index contributed by atoms with van der Waals surface area (Å²) in [5.41, 5.74) is 2.12. The van der Waals surface area contributed by atoms with E-state index in [9.17, 15) is 8.42 Å². The van der Waals surface area contributed by atoms with Gasteiger partial charge in [0.1, 0.15) is 10.4 Å². The van der Waals surface area contributed by atoms with Gasteiger partial charge in [-0.2, -0.15) is 9.40 Å². The van der Waals surface area contributed by atoms with Crippen LogP contribution >= 0.6 is 0 Å². The fraction of sp³-hybridized carbons (Fsp3) is 0.333. The lowest BCUT2D eigenvalue weighted by molar-refractivity contribution is 0.166. The number of piperidine rings is 1. The molecular formula is C18H19N7O2S. The summed E-state index contributed by atoms with van der Waals surface area (Å²) < 4.78 is 29.3. The van der Waals surface area contributed by atoms with E-state index in [0.717, 1.165) is 16.4 Å². The number of pyridine rings is 2. The summed E-state index contributed by atoms with van der Waals surface area (Å²) in [5, 5.41) is 8.45. The highest BCUT2D eigenvalue weighted by atomic mass is 32.2. The zero-order valence-corrected chi connectivity index (χ0v) is 16.1. The van der Waals surface area contributed by atoms with Gasteiger partial charge in [-0.25, -0.2) is 23.6 Å². The van der Waals surface area contributed by atoms with Gasteiger partial charge in [0.15, 0.2) is 5.65 Å². The maximum Gasteiger partial charge on any atom is 0.244 e. The van der Waals surface area contributed by atoms with Crippen LogP contribution in [0.3, 0.4) is 0 Å². The molecule has 0 amide bonds. The SMILES string of the molecule is CC1(n2[nH]nc3cnc4nccc4c32)CCN(S(=O)(=O)c2cccnc2)CC1. The van der Waals surface area contributed by atoms with Crippen LogP contribution in [0, 0.1) is 0 Å². The highest BCUT2D eigenvalue weighted by Gasteiger charge is 2.38. The lowest BCUT2D eigenvalue weighted by Gasteiger charge is -2.39. The third-order valence-electron chi connectivity index (χ3n) is 5.59. The highest BCUT2D eigenvalue weighted by Crippen LogP contribution is 2.35. The van der Waals surface area contributed by atoms with Crippen molar-refractivity contribution in [1.29, 1.82) is 0 Å². The van der Waals surface area contributed by atoms with Crippen LogP contribution in [0.2, 0.25) is 0 Å². The van der Waals surface area contributed by atoms with Gasteiger partial charge < -0.3 is 0 Å². The van der Waals surface area contributed by atoms with E-state index in [0.29, 0.717) is 31.6 Å². The van der Waals surface area contributed by atoms with Crippen molar-refractivity contribution in [2.24, 2.45) is 0 Å².